The van der Waals surface area contributed by atoms with Crippen LogP contribution in [-0.4, -0.2) is 19.0 Å². The van der Waals surface area contributed by atoms with E-state index in [0.717, 1.165) is 29.8 Å². The molecule has 2 N–H and O–H groups in total. The van der Waals surface area contributed by atoms with E-state index >= 15 is 0 Å². The fourth-order valence-corrected chi connectivity index (χ4v) is 3.41. The van der Waals surface area contributed by atoms with Gasteiger partial charge in [0.15, 0.2) is 0 Å². The third-order valence-electron chi connectivity index (χ3n) is 4.24. The van der Waals surface area contributed by atoms with Gasteiger partial charge in [0.1, 0.15) is 0 Å². The Morgan fingerprint density at radius 3 is 2.74 bits per heavy atom. The fourth-order valence-electron chi connectivity index (χ4n) is 3.02. The zero-order valence-electron chi connectivity index (χ0n) is 14.2. The summed E-state index contributed by atoms with van der Waals surface area (Å²) in [5, 5.41) is 6.99. The minimum Gasteiger partial charge on any atom is -0.383 e. The third-order valence-corrected chi connectivity index (χ3v) is 4.54. The van der Waals surface area contributed by atoms with Gasteiger partial charge in [-0.2, -0.15) is 0 Å². The number of rotatable bonds is 7. The van der Waals surface area contributed by atoms with E-state index in [1.807, 2.05) is 19.9 Å². The molecule has 0 spiro atoms. The Morgan fingerprint density at radius 2 is 2.04 bits per heavy atom. The zero-order chi connectivity index (χ0) is 16.7. The maximum Gasteiger partial charge on any atom is 0.221 e. The van der Waals surface area contributed by atoms with Crippen molar-refractivity contribution in [1.29, 1.82) is 0 Å². The first-order chi connectivity index (χ1) is 11.1. The molecular formula is C19H27ClN2O. The second-order valence-corrected chi connectivity index (χ2v) is 6.73. The predicted octanol–water partition coefficient (Wildman–Crippen LogP) is 4.77. The summed E-state index contributed by atoms with van der Waals surface area (Å²) in [5.41, 5.74) is 4.68. The topological polar surface area (TPSA) is 41.1 Å². The van der Waals surface area contributed by atoms with E-state index in [2.05, 4.69) is 22.8 Å². The molecule has 1 aromatic carbocycles. The molecule has 0 atom stereocenters. The van der Waals surface area contributed by atoms with E-state index in [-0.39, 0.29) is 5.91 Å². The summed E-state index contributed by atoms with van der Waals surface area (Å²) in [6, 6.07) is 4.03. The summed E-state index contributed by atoms with van der Waals surface area (Å²) in [4.78, 5) is 11.9. The number of allylic oxidation sites excluding steroid dienone is 1. The standard InChI is InChI=1S/C19H27ClN2O/c1-14-12-15(2)19(17(20)13-14)22-11-9-18(23)21-10-8-16-6-4-3-5-7-16/h6,12-13,22H,3-5,7-11H2,1-2H3,(H,21,23). The van der Waals surface area contributed by atoms with Crippen molar-refractivity contribution in [3.8, 4) is 0 Å². The lowest BCUT2D eigenvalue weighted by atomic mass is 9.97. The molecule has 23 heavy (non-hydrogen) atoms. The average Bonchev–Trinajstić information content (AvgIpc) is 2.51. The molecule has 1 amide bonds. The second-order valence-electron chi connectivity index (χ2n) is 6.32. The molecule has 0 unspecified atom stereocenters. The number of carbonyl (C=O) groups is 1. The molecule has 4 heteroatoms. The normalized spacial score (nSPS) is 14.3. The summed E-state index contributed by atoms with van der Waals surface area (Å²) < 4.78 is 0. The highest BCUT2D eigenvalue weighted by Gasteiger charge is 2.07. The van der Waals surface area contributed by atoms with Crippen molar-refractivity contribution in [3.63, 3.8) is 0 Å². The number of aryl methyl sites for hydroxylation is 2. The summed E-state index contributed by atoms with van der Waals surface area (Å²) >= 11 is 6.25. The number of hydrogen-bond acceptors (Lipinski definition) is 2. The van der Waals surface area contributed by atoms with Crippen molar-refractivity contribution in [3.05, 3.63) is 39.9 Å². The number of amides is 1. The van der Waals surface area contributed by atoms with Gasteiger partial charge in [0.25, 0.3) is 0 Å². The van der Waals surface area contributed by atoms with Crippen molar-refractivity contribution >= 4 is 23.2 Å². The van der Waals surface area contributed by atoms with Gasteiger partial charge in [0.05, 0.1) is 10.7 Å². The van der Waals surface area contributed by atoms with Gasteiger partial charge in [-0.3, -0.25) is 4.79 Å². The summed E-state index contributed by atoms with van der Waals surface area (Å²) in [5.74, 6) is 0.0924. The lowest BCUT2D eigenvalue weighted by Crippen LogP contribution is -2.26. The number of benzene rings is 1. The molecule has 3 nitrogen and oxygen atoms in total. The Kier molecular flexibility index (Phi) is 6.97. The van der Waals surface area contributed by atoms with Crippen LogP contribution < -0.4 is 10.6 Å². The first kappa shape index (κ1) is 17.9. The molecule has 0 heterocycles. The van der Waals surface area contributed by atoms with Crippen LogP contribution in [0.1, 0.15) is 49.7 Å². The predicted molar refractivity (Wildman–Crippen MR) is 98.2 cm³/mol. The number of halogens is 1. The van der Waals surface area contributed by atoms with E-state index in [1.54, 1.807) is 0 Å². The minimum atomic E-state index is 0.0924. The van der Waals surface area contributed by atoms with E-state index < -0.39 is 0 Å². The number of hydrogen-bond donors (Lipinski definition) is 2. The van der Waals surface area contributed by atoms with Crippen LogP contribution in [0.15, 0.2) is 23.8 Å². The van der Waals surface area contributed by atoms with Gasteiger partial charge in [-0.1, -0.05) is 29.3 Å². The highest BCUT2D eigenvalue weighted by molar-refractivity contribution is 6.33. The monoisotopic (exact) mass is 334 g/mol. The SMILES string of the molecule is Cc1cc(C)c(NCCC(=O)NCCC2=CCCCC2)c(Cl)c1. The van der Waals surface area contributed by atoms with Crippen LogP contribution in [0.25, 0.3) is 0 Å². The third kappa shape index (κ3) is 5.91. The Morgan fingerprint density at radius 1 is 1.22 bits per heavy atom. The number of nitrogens with one attached hydrogen (secondary N) is 2. The van der Waals surface area contributed by atoms with E-state index in [1.165, 1.54) is 31.3 Å². The molecular weight excluding hydrogens is 308 g/mol. The molecule has 0 aliphatic heterocycles. The minimum absolute atomic E-state index is 0.0924. The van der Waals surface area contributed by atoms with E-state index in [9.17, 15) is 4.79 Å². The molecule has 1 aromatic rings. The first-order valence-corrected chi connectivity index (χ1v) is 8.89. The van der Waals surface area contributed by atoms with Gasteiger partial charge in [-0.25, -0.2) is 0 Å². The van der Waals surface area contributed by atoms with Crippen LogP contribution in [0.5, 0.6) is 0 Å². The summed E-state index contributed by atoms with van der Waals surface area (Å²) in [6.45, 7) is 5.39. The Bertz CT molecular complexity index is 558. The summed E-state index contributed by atoms with van der Waals surface area (Å²) in [6.07, 6.45) is 8.78. The van der Waals surface area contributed by atoms with Gasteiger partial charge in [0, 0.05) is 19.5 Å². The van der Waals surface area contributed by atoms with Crippen molar-refractivity contribution in [2.75, 3.05) is 18.4 Å². The highest BCUT2D eigenvalue weighted by atomic mass is 35.5. The highest BCUT2D eigenvalue weighted by Crippen LogP contribution is 2.27. The molecule has 2 rings (SSSR count). The maximum absolute atomic E-state index is 11.9. The summed E-state index contributed by atoms with van der Waals surface area (Å²) in [7, 11) is 0. The molecule has 0 saturated heterocycles. The van der Waals surface area contributed by atoms with Crippen LogP contribution in [-0.2, 0) is 4.79 Å². The average molecular weight is 335 g/mol. The Hall–Kier alpha value is -1.48. The molecule has 1 aliphatic rings. The Labute approximate surface area is 144 Å². The van der Waals surface area contributed by atoms with E-state index in [4.69, 9.17) is 11.6 Å². The van der Waals surface area contributed by atoms with Crippen LogP contribution in [0.2, 0.25) is 5.02 Å². The quantitative estimate of drug-likeness (QED) is 0.705. The lowest BCUT2D eigenvalue weighted by Gasteiger charge is -2.14. The fraction of sp³-hybridized carbons (Fsp3) is 0.526. The number of anilines is 1. The van der Waals surface area contributed by atoms with Gasteiger partial charge in [-0.05, 0) is 63.1 Å². The van der Waals surface area contributed by atoms with Gasteiger partial charge < -0.3 is 10.6 Å². The van der Waals surface area contributed by atoms with E-state index in [0.29, 0.717) is 18.0 Å². The Balaban J connectivity index is 1.68. The van der Waals surface area contributed by atoms with Gasteiger partial charge >= 0.3 is 0 Å². The van der Waals surface area contributed by atoms with Crippen molar-refractivity contribution in [2.45, 2.75) is 52.4 Å². The maximum atomic E-state index is 11.9. The zero-order valence-corrected chi connectivity index (χ0v) is 14.9. The molecule has 0 saturated carbocycles. The second kappa shape index (κ2) is 8.97. The molecule has 1 aliphatic carbocycles. The molecule has 0 aromatic heterocycles. The molecule has 0 radical (unpaired) electrons. The largest absolute Gasteiger partial charge is 0.383 e. The van der Waals surface area contributed by atoms with Gasteiger partial charge in [-0.15, -0.1) is 0 Å². The molecule has 0 fully saturated rings. The van der Waals surface area contributed by atoms with Crippen LogP contribution >= 0.6 is 11.6 Å². The van der Waals surface area contributed by atoms with Crippen LogP contribution in [0.4, 0.5) is 5.69 Å². The van der Waals surface area contributed by atoms with Crippen LogP contribution in [0.3, 0.4) is 0 Å². The number of carbonyl (C=O) groups excluding carboxylic acids is 1. The van der Waals surface area contributed by atoms with Crippen molar-refractivity contribution in [2.24, 2.45) is 0 Å². The van der Waals surface area contributed by atoms with Crippen molar-refractivity contribution < 1.29 is 4.79 Å². The first-order valence-electron chi connectivity index (χ1n) is 8.51. The molecule has 126 valence electrons. The lowest BCUT2D eigenvalue weighted by molar-refractivity contribution is -0.120. The smallest absolute Gasteiger partial charge is 0.221 e. The van der Waals surface area contributed by atoms with Gasteiger partial charge in [0.2, 0.25) is 5.91 Å². The van der Waals surface area contributed by atoms with Crippen molar-refractivity contribution in [1.82, 2.24) is 5.32 Å². The molecule has 0 bridgehead atoms. The van der Waals surface area contributed by atoms with Crippen LogP contribution in [0, 0.1) is 13.8 Å².